The van der Waals surface area contributed by atoms with E-state index >= 15 is 0 Å². The summed E-state index contributed by atoms with van der Waals surface area (Å²) in [6.07, 6.45) is 0. The second kappa shape index (κ2) is 6.10. The third-order valence-corrected chi connectivity index (χ3v) is 3.43. The fourth-order valence-corrected chi connectivity index (χ4v) is 1.85. The number of amides is 1. The standard InChI is InChI=1S/C16H21N3O2/c1-9(2)14(17)15(20)19-13-7-5-6-12(8-13)16-18-10(3)11(4)21-16/h5-9,14H,17H2,1-4H3,(H,19,20)/t14-/m0/s1. The van der Waals surface area contributed by atoms with Crippen LogP contribution in [0.5, 0.6) is 0 Å². The molecule has 112 valence electrons. The highest BCUT2D eigenvalue weighted by Gasteiger charge is 2.17. The van der Waals surface area contributed by atoms with Crippen LogP contribution >= 0.6 is 0 Å². The van der Waals surface area contributed by atoms with Crippen molar-refractivity contribution in [3.05, 3.63) is 35.7 Å². The van der Waals surface area contributed by atoms with Gasteiger partial charge < -0.3 is 15.5 Å². The average Bonchev–Trinajstić information content (AvgIpc) is 2.78. The molecule has 0 radical (unpaired) electrons. The zero-order chi connectivity index (χ0) is 15.6. The highest BCUT2D eigenvalue weighted by atomic mass is 16.4. The summed E-state index contributed by atoms with van der Waals surface area (Å²) < 4.78 is 5.60. The van der Waals surface area contributed by atoms with Gasteiger partial charge in [0.15, 0.2) is 0 Å². The monoisotopic (exact) mass is 287 g/mol. The first kappa shape index (κ1) is 15.3. The van der Waals surface area contributed by atoms with E-state index in [1.165, 1.54) is 0 Å². The van der Waals surface area contributed by atoms with Gasteiger partial charge in [-0.15, -0.1) is 0 Å². The Kier molecular flexibility index (Phi) is 4.43. The van der Waals surface area contributed by atoms with Crippen molar-refractivity contribution in [1.29, 1.82) is 0 Å². The van der Waals surface area contributed by atoms with Crippen LogP contribution in [0.1, 0.15) is 25.3 Å². The van der Waals surface area contributed by atoms with Gasteiger partial charge in [0.2, 0.25) is 11.8 Å². The second-order valence-corrected chi connectivity index (χ2v) is 5.50. The third kappa shape index (κ3) is 3.49. The first-order valence-corrected chi connectivity index (χ1v) is 6.99. The van der Waals surface area contributed by atoms with Gasteiger partial charge in [-0.25, -0.2) is 4.98 Å². The fraction of sp³-hybridized carbons (Fsp3) is 0.375. The molecule has 1 aromatic carbocycles. The van der Waals surface area contributed by atoms with E-state index in [0.29, 0.717) is 11.6 Å². The number of benzene rings is 1. The molecule has 0 aliphatic heterocycles. The molecular formula is C16H21N3O2. The van der Waals surface area contributed by atoms with Gasteiger partial charge in [0.25, 0.3) is 0 Å². The van der Waals surface area contributed by atoms with Gasteiger partial charge in [0.05, 0.1) is 11.7 Å². The Bertz CT molecular complexity index is 627. The molecule has 0 spiro atoms. The van der Waals surface area contributed by atoms with E-state index in [-0.39, 0.29) is 11.8 Å². The van der Waals surface area contributed by atoms with Crippen LogP contribution in [0.4, 0.5) is 5.69 Å². The van der Waals surface area contributed by atoms with Crippen LogP contribution in [0.3, 0.4) is 0 Å². The van der Waals surface area contributed by atoms with Crippen molar-refractivity contribution in [3.8, 4) is 11.5 Å². The predicted octanol–water partition coefficient (Wildman–Crippen LogP) is 2.88. The normalized spacial score (nSPS) is 12.5. The van der Waals surface area contributed by atoms with Crippen LogP contribution in [0.25, 0.3) is 11.5 Å². The van der Waals surface area contributed by atoms with Crippen LogP contribution in [-0.4, -0.2) is 16.9 Å². The molecule has 0 aliphatic rings. The zero-order valence-corrected chi connectivity index (χ0v) is 12.8. The van der Waals surface area contributed by atoms with E-state index in [1.807, 2.05) is 52.0 Å². The number of oxazole rings is 1. The fourth-order valence-electron chi connectivity index (χ4n) is 1.85. The molecule has 2 rings (SSSR count). The van der Waals surface area contributed by atoms with Gasteiger partial charge >= 0.3 is 0 Å². The maximum Gasteiger partial charge on any atom is 0.241 e. The number of nitrogens with two attached hydrogens (primary N) is 1. The molecule has 5 heteroatoms. The molecule has 1 amide bonds. The maximum absolute atomic E-state index is 12.0. The Morgan fingerprint density at radius 1 is 1.33 bits per heavy atom. The molecule has 21 heavy (non-hydrogen) atoms. The summed E-state index contributed by atoms with van der Waals surface area (Å²) in [6.45, 7) is 7.60. The molecule has 3 N–H and O–H groups in total. The van der Waals surface area contributed by atoms with E-state index in [1.54, 1.807) is 0 Å². The van der Waals surface area contributed by atoms with Crippen molar-refractivity contribution in [2.45, 2.75) is 33.7 Å². The molecular weight excluding hydrogens is 266 g/mol. The van der Waals surface area contributed by atoms with Gasteiger partial charge in [-0.3, -0.25) is 4.79 Å². The van der Waals surface area contributed by atoms with Crippen molar-refractivity contribution in [2.75, 3.05) is 5.32 Å². The van der Waals surface area contributed by atoms with Gasteiger partial charge in [-0.05, 0) is 38.0 Å². The zero-order valence-electron chi connectivity index (χ0n) is 12.8. The van der Waals surface area contributed by atoms with Crippen molar-refractivity contribution in [2.24, 2.45) is 11.7 Å². The maximum atomic E-state index is 12.0. The van der Waals surface area contributed by atoms with Crippen molar-refractivity contribution in [3.63, 3.8) is 0 Å². The van der Waals surface area contributed by atoms with Crippen LogP contribution < -0.4 is 11.1 Å². The highest BCUT2D eigenvalue weighted by Crippen LogP contribution is 2.24. The van der Waals surface area contributed by atoms with Gasteiger partial charge in [0, 0.05) is 11.3 Å². The lowest BCUT2D eigenvalue weighted by molar-refractivity contribution is -0.118. The smallest absolute Gasteiger partial charge is 0.241 e. The molecule has 0 saturated heterocycles. The molecule has 5 nitrogen and oxygen atoms in total. The minimum absolute atomic E-state index is 0.0882. The number of nitrogens with one attached hydrogen (secondary N) is 1. The number of rotatable bonds is 4. The molecule has 0 unspecified atom stereocenters. The first-order chi connectivity index (χ1) is 9.88. The number of hydrogen-bond donors (Lipinski definition) is 2. The molecule has 1 heterocycles. The number of aromatic nitrogens is 1. The lowest BCUT2D eigenvalue weighted by atomic mass is 10.0. The first-order valence-electron chi connectivity index (χ1n) is 6.99. The van der Waals surface area contributed by atoms with Crippen molar-refractivity contribution >= 4 is 11.6 Å². The number of nitrogens with zero attached hydrogens (tertiary/aromatic N) is 1. The molecule has 0 fully saturated rings. The Balaban J connectivity index is 2.20. The Hall–Kier alpha value is -2.14. The summed E-state index contributed by atoms with van der Waals surface area (Å²) in [7, 11) is 0. The molecule has 0 saturated carbocycles. The van der Waals surface area contributed by atoms with E-state index < -0.39 is 6.04 Å². The van der Waals surface area contributed by atoms with Crippen LogP contribution in [-0.2, 0) is 4.79 Å². The van der Waals surface area contributed by atoms with E-state index in [2.05, 4.69) is 10.3 Å². The SMILES string of the molecule is Cc1nc(-c2cccc(NC(=O)[C@@H](N)C(C)C)c2)oc1C. The second-order valence-electron chi connectivity index (χ2n) is 5.50. The van der Waals surface area contributed by atoms with Gasteiger partial charge in [-0.2, -0.15) is 0 Å². The Morgan fingerprint density at radius 3 is 2.62 bits per heavy atom. The summed E-state index contributed by atoms with van der Waals surface area (Å²) in [6, 6.07) is 6.86. The lowest BCUT2D eigenvalue weighted by Gasteiger charge is -2.15. The third-order valence-electron chi connectivity index (χ3n) is 3.43. The summed E-state index contributed by atoms with van der Waals surface area (Å²) in [5.41, 5.74) is 8.20. The van der Waals surface area contributed by atoms with Crippen LogP contribution in [0.15, 0.2) is 28.7 Å². The van der Waals surface area contributed by atoms with Crippen molar-refractivity contribution < 1.29 is 9.21 Å². The minimum Gasteiger partial charge on any atom is -0.441 e. The predicted molar refractivity (Wildman–Crippen MR) is 82.9 cm³/mol. The largest absolute Gasteiger partial charge is 0.441 e. The summed E-state index contributed by atoms with van der Waals surface area (Å²) in [5.74, 6) is 1.24. The molecule has 1 atom stereocenters. The van der Waals surface area contributed by atoms with E-state index in [4.69, 9.17) is 10.2 Å². The molecule has 0 bridgehead atoms. The number of aryl methyl sites for hydroxylation is 2. The van der Waals surface area contributed by atoms with Crippen molar-refractivity contribution in [1.82, 2.24) is 4.98 Å². The van der Waals surface area contributed by atoms with E-state index in [0.717, 1.165) is 17.0 Å². The number of carbonyl (C=O) groups excluding carboxylic acids is 1. The highest BCUT2D eigenvalue weighted by molar-refractivity contribution is 5.95. The minimum atomic E-state index is -0.528. The Morgan fingerprint density at radius 2 is 2.05 bits per heavy atom. The summed E-state index contributed by atoms with van der Waals surface area (Å²) >= 11 is 0. The number of carbonyl (C=O) groups is 1. The lowest BCUT2D eigenvalue weighted by Crippen LogP contribution is -2.39. The van der Waals surface area contributed by atoms with E-state index in [9.17, 15) is 4.79 Å². The van der Waals surface area contributed by atoms with Gasteiger partial charge in [-0.1, -0.05) is 19.9 Å². The number of anilines is 1. The number of hydrogen-bond acceptors (Lipinski definition) is 4. The topological polar surface area (TPSA) is 81.2 Å². The van der Waals surface area contributed by atoms with Gasteiger partial charge in [0.1, 0.15) is 5.76 Å². The summed E-state index contributed by atoms with van der Waals surface area (Å²) in [5, 5.41) is 2.82. The summed E-state index contributed by atoms with van der Waals surface area (Å²) in [4.78, 5) is 16.3. The molecule has 2 aromatic rings. The Labute approximate surface area is 124 Å². The van der Waals surface area contributed by atoms with Crippen LogP contribution in [0.2, 0.25) is 0 Å². The molecule has 0 aliphatic carbocycles. The quantitative estimate of drug-likeness (QED) is 0.906. The molecule has 1 aromatic heterocycles. The van der Waals surface area contributed by atoms with Crippen LogP contribution in [0, 0.1) is 19.8 Å². The average molecular weight is 287 g/mol.